The van der Waals surface area contributed by atoms with Crippen LogP contribution in [0.2, 0.25) is 0 Å². The summed E-state index contributed by atoms with van der Waals surface area (Å²) in [5.41, 5.74) is 0. The van der Waals surface area contributed by atoms with E-state index in [9.17, 15) is 18.0 Å². The molecule has 3 atom stereocenters. The van der Waals surface area contributed by atoms with Crippen LogP contribution in [0.1, 0.15) is 44.9 Å². The van der Waals surface area contributed by atoms with Gasteiger partial charge in [-0.15, -0.1) is 0 Å². The van der Waals surface area contributed by atoms with Gasteiger partial charge in [-0.25, -0.2) is 13.2 Å². The fraction of sp³-hybridized carbons (Fsp3) is 0.650. The van der Waals surface area contributed by atoms with Crippen molar-refractivity contribution < 1.29 is 32.2 Å². The Balaban J connectivity index is 1.21. The van der Waals surface area contributed by atoms with Crippen LogP contribution in [-0.2, 0) is 14.3 Å². The molecule has 0 radical (unpaired) electrons. The molecule has 3 unspecified atom stereocenters. The number of halogens is 3. The van der Waals surface area contributed by atoms with Crippen LogP contribution in [0.4, 0.5) is 13.2 Å². The molecule has 0 amide bonds. The molecule has 7 heteroatoms. The first-order valence-electron chi connectivity index (χ1n) is 9.63. The number of ether oxygens (including phenoxy) is 3. The molecule has 4 nitrogen and oxygen atoms in total. The summed E-state index contributed by atoms with van der Waals surface area (Å²) in [6, 6.07) is 1.37. The average Bonchev–Trinajstić information content (AvgIpc) is 3.43. The summed E-state index contributed by atoms with van der Waals surface area (Å²) < 4.78 is 56.0. The maximum atomic E-state index is 13.2. The molecule has 2 aliphatic carbocycles. The van der Waals surface area contributed by atoms with Crippen LogP contribution in [0.3, 0.4) is 0 Å². The highest BCUT2D eigenvalue weighted by Gasteiger charge is 2.44. The Hall–Kier alpha value is -1.60. The molecule has 27 heavy (non-hydrogen) atoms. The van der Waals surface area contributed by atoms with Crippen molar-refractivity contribution in [2.45, 2.75) is 63.3 Å². The van der Waals surface area contributed by atoms with Gasteiger partial charge in [0.1, 0.15) is 5.75 Å². The number of hydrogen-bond donors (Lipinski definition) is 0. The van der Waals surface area contributed by atoms with Gasteiger partial charge in [-0.3, -0.25) is 4.79 Å². The Bertz CT molecular complexity index is 679. The molecule has 0 spiro atoms. The third-order valence-corrected chi connectivity index (χ3v) is 5.86. The molecule has 1 aromatic carbocycles. The molecule has 1 saturated heterocycles. The lowest BCUT2D eigenvalue weighted by molar-refractivity contribution is -0.141. The number of epoxide rings is 1. The fourth-order valence-corrected chi connectivity index (χ4v) is 4.17. The third-order valence-electron chi connectivity index (χ3n) is 5.86. The van der Waals surface area contributed by atoms with Crippen molar-refractivity contribution in [2.75, 3.05) is 6.61 Å². The predicted octanol–water partition coefficient (Wildman–Crippen LogP) is 4.15. The number of carbonyl (C=O) groups excluding carboxylic acids is 1. The van der Waals surface area contributed by atoms with Gasteiger partial charge in [0.25, 0.3) is 0 Å². The van der Waals surface area contributed by atoms with E-state index in [-0.39, 0.29) is 17.8 Å². The zero-order valence-corrected chi connectivity index (χ0v) is 15.0. The van der Waals surface area contributed by atoms with Gasteiger partial charge in [0.2, 0.25) is 0 Å². The van der Waals surface area contributed by atoms with Gasteiger partial charge in [0.15, 0.2) is 17.5 Å². The molecule has 0 N–H and O–H groups in total. The summed E-state index contributed by atoms with van der Waals surface area (Å²) in [6.45, 7) is 0.737. The zero-order chi connectivity index (χ0) is 19.0. The number of rotatable bonds is 5. The van der Waals surface area contributed by atoms with E-state index in [2.05, 4.69) is 0 Å². The molecule has 1 heterocycles. The fourth-order valence-electron chi connectivity index (χ4n) is 4.17. The first-order chi connectivity index (χ1) is 13.0. The summed E-state index contributed by atoms with van der Waals surface area (Å²) in [4.78, 5) is 12.2. The second kappa shape index (κ2) is 7.80. The zero-order valence-electron chi connectivity index (χ0n) is 15.0. The predicted molar refractivity (Wildman–Crippen MR) is 89.7 cm³/mol. The minimum Gasteiger partial charge on any atom is -0.426 e. The molecule has 3 fully saturated rings. The van der Waals surface area contributed by atoms with Crippen molar-refractivity contribution in [3.63, 3.8) is 0 Å². The van der Waals surface area contributed by atoms with Gasteiger partial charge in [0.05, 0.1) is 24.2 Å². The summed E-state index contributed by atoms with van der Waals surface area (Å²) in [6.07, 6.45) is 7.13. The van der Waals surface area contributed by atoms with Crippen molar-refractivity contribution in [3.8, 4) is 5.75 Å². The molecule has 0 bridgehead atoms. The number of hydrogen-bond acceptors (Lipinski definition) is 4. The number of benzene rings is 1. The lowest BCUT2D eigenvalue weighted by Gasteiger charge is -2.29. The molecule has 1 aliphatic heterocycles. The molecule has 4 rings (SSSR count). The van der Waals surface area contributed by atoms with E-state index >= 15 is 0 Å². The maximum absolute atomic E-state index is 13.2. The Labute approximate surface area is 156 Å². The summed E-state index contributed by atoms with van der Waals surface area (Å²) in [5, 5.41) is 0. The van der Waals surface area contributed by atoms with Crippen LogP contribution >= 0.6 is 0 Å². The van der Waals surface area contributed by atoms with Crippen LogP contribution < -0.4 is 4.74 Å². The molecule has 148 valence electrons. The van der Waals surface area contributed by atoms with Crippen LogP contribution in [0, 0.1) is 29.3 Å². The van der Waals surface area contributed by atoms with E-state index < -0.39 is 23.4 Å². The second-order valence-corrected chi connectivity index (χ2v) is 7.82. The van der Waals surface area contributed by atoms with Gasteiger partial charge in [-0.2, -0.15) is 0 Å². The summed E-state index contributed by atoms with van der Waals surface area (Å²) in [5.74, 6) is -4.96. The molecule has 3 aliphatic rings. The van der Waals surface area contributed by atoms with Crippen molar-refractivity contribution in [2.24, 2.45) is 11.8 Å². The van der Waals surface area contributed by atoms with E-state index in [4.69, 9.17) is 14.2 Å². The maximum Gasteiger partial charge on any atom is 0.314 e. The van der Waals surface area contributed by atoms with E-state index in [1.165, 1.54) is 0 Å². The van der Waals surface area contributed by atoms with Crippen LogP contribution in [0.25, 0.3) is 0 Å². The standard InChI is InChI=1S/C20H23F3O4/c21-15-8-14(9-16(22)19(15)23)26-20(24)12-2-4-13(5-3-12)25-10-11-1-6-17-18(7-11)27-17/h8-9,11-13,17-18H,1-7,10H2. The monoisotopic (exact) mass is 384 g/mol. The van der Waals surface area contributed by atoms with E-state index in [0.29, 0.717) is 43.1 Å². The molecule has 2 saturated carbocycles. The highest BCUT2D eigenvalue weighted by molar-refractivity contribution is 5.75. The number of carbonyl (C=O) groups is 1. The van der Waals surface area contributed by atoms with Crippen molar-refractivity contribution in [1.29, 1.82) is 0 Å². The topological polar surface area (TPSA) is 48.1 Å². The van der Waals surface area contributed by atoms with Gasteiger partial charge >= 0.3 is 5.97 Å². The smallest absolute Gasteiger partial charge is 0.314 e. The van der Waals surface area contributed by atoms with E-state index in [0.717, 1.165) is 38.7 Å². The quantitative estimate of drug-likeness (QED) is 0.331. The van der Waals surface area contributed by atoms with Gasteiger partial charge in [-0.05, 0) is 50.9 Å². The summed E-state index contributed by atoms with van der Waals surface area (Å²) in [7, 11) is 0. The SMILES string of the molecule is O=C(Oc1cc(F)c(F)c(F)c1)C1CCC(OCC2CCC3OC3C2)CC1. The highest BCUT2D eigenvalue weighted by atomic mass is 19.2. The number of fused-ring (bicyclic) bond motifs is 1. The van der Waals surface area contributed by atoms with Crippen LogP contribution in [0.5, 0.6) is 5.75 Å². The lowest BCUT2D eigenvalue weighted by atomic mass is 9.87. The summed E-state index contributed by atoms with van der Waals surface area (Å²) >= 11 is 0. The minimum absolute atomic E-state index is 0.132. The van der Waals surface area contributed by atoms with Crippen LogP contribution in [0.15, 0.2) is 12.1 Å². The second-order valence-electron chi connectivity index (χ2n) is 7.82. The highest BCUT2D eigenvalue weighted by Crippen LogP contribution is 2.40. The molecular formula is C20H23F3O4. The van der Waals surface area contributed by atoms with Crippen molar-refractivity contribution in [1.82, 2.24) is 0 Å². The van der Waals surface area contributed by atoms with Gasteiger partial charge in [0, 0.05) is 18.7 Å². The largest absolute Gasteiger partial charge is 0.426 e. The van der Waals surface area contributed by atoms with Crippen molar-refractivity contribution >= 4 is 5.97 Å². The van der Waals surface area contributed by atoms with Crippen molar-refractivity contribution in [3.05, 3.63) is 29.6 Å². The van der Waals surface area contributed by atoms with Crippen LogP contribution in [-0.4, -0.2) is 30.9 Å². The van der Waals surface area contributed by atoms with Gasteiger partial charge in [-0.1, -0.05) is 0 Å². The lowest BCUT2D eigenvalue weighted by Crippen LogP contribution is -2.30. The molecular weight excluding hydrogens is 361 g/mol. The Morgan fingerprint density at radius 1 is 1.00 bits per heavy atom. The third kappa shape index (κ3) is 4.46. The Morgan fingerprint density at radius 3 is 2.37 bits per heavy atom. The molecule has 0 aromatic heterocycles. The number of esters is 1. The normalized spacial score (nSPS) is 32.6. The minimum atomic E-state index is -1.57. The molecule has 1 aromatic rings. The Morgan fingerprint density at radius 2 is 1.70 bits per heavy atom. The first-order valence-corrected chi connectivity index (χ1v) is 9.63. The first kappa shape index (κ1) is 18.7. The average molecular weight is 384 g/mol. The van der Waals surface area contributed by atoms with Gasteiger partial charge < -0.3 is 14.2 Å². The Kier molecular flexibility index (Phi) is 5.41. The van der Waals surface area contributed by atoms with E-state index in [1.807, 2.05) is 0 Å². The van der Waals surface area contributed by atoms with E-state index in [1.54, 1.807) is 0 Å².